The molecule has 35 heavy (non-hydrogen) atoms. The third-order valence-electron chi connectivity index (χ3n) is 6.27. The van der Waals surface area contributed by atoms with Crippen molar-refractivity contribution in [2.45, 2.75) is 65.0 Å². The number of aryl methyl sites for hydroxylation is 1. The molecule has 0 saturated heterocycles. The van der Waals surface area contributed by atoms with E-state index in [1.807, 2.05) is 67.6 Å². The van der Waals surface area contributed by atoms with E-state index in [1.165, 1.54) is 5.56 Å². The molecule has 3 aromatic carbocycles. The SMILES string of the molecule is CCNC(=O)[C@@H](Cc1ccccc1)N(Cc1ccccc1)C(=O)CCc1ccc(C(C)(C)C)cc1. The normalized spacial score (nSPS) is 12.1. The minimum Gasteiger partial charge on any atom is -0.355 e. The van der Waals surface area contributed by atoms with E-state index in [-0.39, 0.29) is 17.2 Å². The summed E-state index contributed by atoms with van der Waals surface area (Å²) in [6, 6.07) is 27.8. The average molecular weight is 471 g/mol. The minimum atomic E-state index is -0.576. The second-order valence-corrected chi connectivity index (χ2v) is 10.1. The second kappa shape index (κ2) is 12.3. The van der Waals surface area contributed by atoms with E-state index in [0.717, 1.165) is 16.7 Å². The fraction of sp³-hybridized carbons (Fsp3) is 0.355. The topological polar surface area (TPSA) is 49.4 Å². The first-order chi connectivity index (χ1) is 16.8. The molecule has 0 spiro atoms. The number of carbonyl (C=O) groups is 2. The lowest BCUT2D eigenvalue weighted by molar-refractivity contribution is -0.141. The quantitative estimate of drug-likeness (QED) is 0.414. The van der Waals surface area contributed by atoms with Crippen LogP contribution in [0.2, 0.25) is 0 Å². The van der Waals surface area contributed by atoms with Gasteiger partial charge in [-0.2, -0.15) is 0 Å². The highest BCUT2D eigenvalue weighted by atomic mass is 16.2. The van der Waals surface area contributed by atoms with Crippen molar-refractivity contribution in [1.29, 1.82) is 0 Å². The number of hydrogen-bond donors (Lipinski definition) is 1. The van der Waals surface area contributed by atoms with Gasteiger partial charge in [0.25, 0.3) is 0 Å². The molecule has 4 nitrogen and oxygen atoms in total. The summed E-state index contributed by atoms with van der Waals surface area (Å²) in [6.07, 6.45) is 1.47. The van der Waals surface area contributed by atoms with Crippen molar-refractivity contribution in [1.82, 2.24) is 10.2 Å². The van der Waals surface area contributed by atoms with Gasteiger partial charge in [0.1, 0.15) is 6.04 Å². The van der Waals surface area contributed by atoms with Crippen molar-refractivity contribution in [2.75, 3.05) is 6.54 Å². The Morgan fingerprint density at radius 3 is 1.91 bits per heavy atom. The molecular formula is C31H38N2O2. The molecule has 1 atom stereocenters. The largest absolute Gasteiger partial charge is 0.355 e. The molecular weight excluding hydrogens is 432 g/mol. The maximum Gasteiger partial charge on any atom is 0.243 e. The van der Waals surface area contributed by atoms with Gasteiger partial charge >= 0.3 is 0 Å². The molecule has 184 valence electrons. The third kappa shape index (κ3) is 7.81. The van der Waals surface area contributed by atoms with Crippen LogP contribution < -0.4 is 5.32 Å². The molecule has 0 saturated carbocycles. The van der Waals surface area contributed by atoms with Crippen LogP contribution in [0.4, 0.5) is 0 Å². The van der Waals surface area contributed by atoms with Crippen molar-refractivity contribution < 1.29 is 9.59 Å². The summed E-state index contributed by atoms with van der Waals surface area (Å²) in [6.45, 7) is 9.42. The van der Waals surface area contributed by atoms with E-state index in [1.54, 1.807) is 4.90 Å². The Hall–Kier alpha value is -3.40. The smallest absolute Gasteiger partial charge is 0.243 e. The summed E-state index contributed by atoms with van der Waals surface area (Å²) in [5.74, 6) is -0.129. The van der Waals surface area contributed by atoms with Gasteiger partial charge in [0.15, 0.2) is 0 Å². The molecule has 2 amide bonds. The van der Waals surface area contributed by atoms with Gasteiger partial charge in [-0.05, 0) is 41.0 Å². The fourth-order valence-corrected chi connectivity index (χ4v) is 4.19. The Morgan fingerprint density at radius 1 is 0.800 bits per heavy atom. The van der Waals surface area contributed by atoms with Crippen molar-refractivity contribution in [3.05, 3.63) is 107 Å². The lowest BCUT2D eigenvalue weighted by Crippen LogP contribution is -2.50. The second-order valence-electron chi connectivity index (χ2n) is 10.1. The van der Waals surface area contributed by atoms with E-state index >= 15 is 0 Å². The first-order valence-corrected chi connectivity index (χ1v) is 12.5. The van der Waals surface area contributed by atoms with Crippen LogP contribution in [0.25, 0.3) is 0 Å². The summed E-state index contributed by atoms with van der Waals surface area (Å²) in [4.78, 5) is 28.6. The molecule has 0 fully saturated rings. The molecule has 0 unspecified atom stereocenters. The highest BCUT2D eigenvalue weighted by Crippen LogP contribution is 2.23. The molecule has 0 radical (unpaired) electrons. The van der Waals surface area contributed by atoms with E-state index < -0.39 is 6.04 Å². The number of likely N-dealkylation sites (N-methyl/N-ethyl adjacent to an activating group) is 1. The summed E-state index contributed by atoms with van der Waals surface area (Å²) < 4.78 is 0. The van der Waals surface area contributed by atoms with Gasteiger partial charge in [0.2, 0.25) is 11.8 Å². The van der Waals surface area contributed by atoms with Crippen LogP contribution in [0.15, 0.2) is 84.9 Å². The zero-order valence-corrected chi connectivity index (χ0v) is 21.5. The number of nitrogens with zero attached hydrogens (tertiary/aromatic N) is 1. The van der Waals surface area contributed by atoms with E-state index in [2.05, 4.69) is 50.4 Å². The molecule has 4 heteroatoms. The molecule has 0 aliphatic carbocycles. The summed E-state index contributed by atoms with van der Waals surface area (Å²) in [5, 5.41) is 2.95. The highest BCUT2D eigenvalue weighted by Gasteiger charge is 2.29. The number of benzene rings is 3. The van der Waals surface area contributed by atoms with Crippen LogP contribution >= 0.6 is 0 Å². The van der Waals surface area contributed by atoms with Gasteiger partial charge in [0.05, 0.1) is 0 Å². The molecule has 0 bridgehead atoms. The van der Waals surface area contributed by atoms with Crippen LogP contribution in [0.1, 0.15) is 56.4 Å². The van der Waals surface area contributed by atoms with Crippen LogP contribution in [-0.4, -0.2) is 29.3 Å². The van der Waals surface area contributed by atoms with Crippen LogP contribution in [0, 0.1) is 0 Å². The summed E-state index contributed by atoms with van der Waals surface area (Å²) in [7, 11) is 0. The molecule has 3 rings (SSSR count). The first-order valence-electron chi connectivity index (χ1n) is 12.5. The Bertz CT molecular complexity index is 1070. The third-order valence-corrected chi connectivity index (χ3v) is 6.27. The van der Waals surface area contributed by atoms with Crippen LogP contribution in [0.3, 0.4) is 0 Å². The van der Waals surface area contributed by atoms with Gasteiger partial charge < -0.3 is 10.2 Å². The van der Waals surface area contributed by atoms with Crippen molar-refractivity contribution in [3.8, 4) is 0 Å². The lowest BCUT2D eigenvalue weighted by atomic mass is 9.86. The Labute approximate surface area is 210 Å². The van der Waals surface area contributed by atoms with Gasteiger partial charge in [0, 0.05) is 25.9 Å². The standard InChI is InChI=1S/C31H38N2O2/c1-5-32-30(35)28(22-25-12-8-6-9-13-25)33(23-26-14-10-7-11-15-26)29(34)21-18-24-16-19-27(20-17-24)31(2,3)4/h6-17,19-20,28H,5,18,21-23H2,1-4H3,(H,32,35)/t28-/m1/s1. The number of amides is 2. The van der Waals surface area contributed by atoms with Gasteiger partial charge in [-0.1, -0.05) is 106 Å². The Balaban J connectivity index is 1.83. The van der Waals surface area contributed by atoms with Gasteiger partial charge in [-0.25, -0.2) is 0 Å². The molecule has 1 N–H and O–H groups in total. The van der Waals surface area contributed by atoms with Crippen molar-refractivity contribution in [2.24, 2.45) is 0 Å². The number of nitrogens with one attached hydrogen (secondary N) is 1. The van der Waals surface area contributed by atoms with Crippen LogP contribution in [-0.2, 0) is 34.4 Å². The Morgan fingerprint density at radius 2 is 1.37 bits per heavy atom. The molecule has 0 heterocycles. The average Bonchev–Trinajstić information content (AvgIpc) is 2.86. The summed E-state index contributed by atoms with van der Waals surface area (Å²) in [5.41, 5.74) is 4.55. The minimum absolute atomic E-state index is 0.0130. The van der Waals surface area contributed by atoms with Gasteiger partial charge in [-0.15, -0.1) is 0 Å². The van der Waals surface area contributed by atoms with Crippen molar-refractivity contribution >= 4 is 11.8 Å². The predicted octanol–water partition coefficient (Wildman–Crippen LogP) is 5.69. The first kappa shape index (κ1) is 26.2. The van der Waals surface area contributed by atoms with Gasteiger partial charge in [-0.3, -0.25) is 9.59 Å². The molecule has 3 aromatic rings. The zero-order valence-electron chi connectivity index (χ0n) is 21.5. The monoisotopic (exact) mass is 470 g/mol. The lowest BCUT2D eigenvalue weighted by Gasteiger charge is -2.31. The fourth-order valence-electron chi connectivity index (χ4n) is 4.19. The highest BCUT2D eigenvalue weighted by molar-refractivity contribution is 5.88. The van der Waals surface area contributed by atoms with E-state index in [0.29, 0.717) is 32.4 Å². The van der Waals surface area contributed by atoms with Crippen molar-refractivity contribution in [3.63, 3.8) is 0 Å². The zero-order chi connectivity index (χ0) is 25.3. The van der Waals surface area contributed by atoms with Crippen LogP contribution in [0.5, 0.6) is 0 Å². The van der Waals surface area contributed by atoms with E-state index in [9.17, 15) is 9.59 Å². The number of hydrogen-bond acceptors (Lipinski definition) is 2. The summed E-state index contributed by atoms with van der Waals surface area (Å²) >= 11 is 0. The molecule has 0 aliphatic rings. The molecule has 0 aromatic heterocycles. The molecule has 0 aliphatic heterocycles. The number of carbonyl (C=O) groups excluding carboxylic acids is 2. The predicted molar refractivity (Wildman–Crippen MR) is 143 cm³/mol. The Kier molecular flexibility index (Phi) is 9.25. The number of rotatable bonds is 10. The van der Waals surface area contributed by atoms with E-state index in [4.69, 9.17) is 0 Å². The maximum absolute atomic E-state index is 13.6. The maximum atomic E-state index is 13.6.